The van der Waals surface area contributed by atoms with E-state index in [0.29, 0.717) is 29.6 Å². The van der Waals surface area contributed by atoms with E-state index in [1.165, 1.54) is 0 Å². The van der Waals surface area contributed by atoms with E-state index in [0.717, 1.165) is 5.56 Å². The number of aliphatic hydroxyl groups excluding tert-OH is 2. The van der Waals surface area contributed by atoms with Gasteiger partial charge in [0.15, 0.2) is 0 Å². The molecule has 0 aliphatic heterocycles. The van der Waals surface area contributed by atoms with Crippen LogP contribution in [0.15, 0.2) is 47.2 Å². The third-order valence-corrected chi connectivity index (χ3v) is 3.56. The van der Waals surface area contributed by atoms with Crippen molar-refractivity contribution in [2.45, 2.75) is 19.6 Å². The second kappa shape index (κ2) is 8.34. The van der Waals surface area contributed by atoms with Crippen LogP contribution < -0.4 is 4.74 Å². The average Bonchev–Trinajstić information content (AvgIpc) is 3.29. The fourth-order valence-corrected chi connectivity index (χ4v) is 2.37. The molecule has 0 radical (unpaired) electrons. The van der Waals surface area contributed by atoms with Crippen LogP contribution in [-0.2, 0) is 6.54 Å². The molecular formula is C19H19N3O4. The molecule has 0 amide bonds. The van der Waals surface area contributed by atoms with Crippen molar-refractivity contribution in [3.05, 3.63) is 65.6 Å². The summed E-state index contributed by atoms with van der Waals surface area (Å²) < 4.78 is 12.4. The molecule has 0 saturated carbocycles. The number of imidazole rings is 1. The molecule has 0 bridgehead atoms. The van der Waals surface area contributed by atoms with Crippen molar-refractivity contribution in [1.29, 1.82) is 0 Å². The van der Waals surface area contributed by atoms with Crippen molar-refractivity contribution in [3.63, 3.8) is 0 Å². The molecule has 0 spiro atoms. The summed E-state index contributed by atoms with van der Waals surface area (Å²) in [6.45, 7) is 2.35. The predicted molar refractivity (Wildman–Crippen MR) is 93.5 cm³/mol. The molecule has 2 N–H and O–H groups in total. The molecule has 1 unspecified atom stereocenters. The van der Waals surface area contributed by atoms with Gasteiger partial charge in [-0.3, -0.25) is 0 Å². The van der Waals surface area contributed by atoms with Crippen LogP contribution in [0.1, 0.15) is 35.9 Å². The molecule has 7 nitrogen and oxygen atoms in total. The van der Waals surface area contributed by atoms with E-state index in [2.05, 4.69) is 22.0 Å². The Bertz CT molecular complexity index is 901. The molecule has 7 heteroatoms. The van der Waals surface area contributed by atoms with Crippen LogP contribution in [0, 0.1) is 11.8 Å². The SMILES string of the molecule is CC(O)c1nccn1Cc1cc(C#Cc2ccc(OCCO)cc2)on1. The lowest BCUT2D eigenvalue weighted by molar-refractivity contribution is 0.184. The summed E-state index contributed by atoms with van der Waals surface area (Å²) in [5.41, 5.74) is 1.51. The van der Waals surface area contributed by atoms with E-state index in [-0.39, 0.29) is 13.2 Å². The first-order valence-corrected chi connectivity index (χ1v) is 8.16. The first kappa shape index (κ1) is 17.7. The van der Waals surface area contributed by atoms with E-state index >= 15 is 0 Å². The number of rotatable bonds is 6. The summed E-state index contributed by atoms with van der Waals surface area (Å²) in [6, 6.07) is 9.01. The van der Waals surface area contributed by atoms with Gasteiger partial charge in [-0.05, 0) is 37.1 Å². The van der Waals surface area contributed by atoms with Crippen LogP contribution >= 0.6 is 0 Å². The maximum absolute atomic E-state index is 9.68. The van der Waals surface area contributed by atoms with Crippen molar-refractivity contribution in [2.24, 2.45) is 0 Å². The third kappa shape index (κ3) is 4.51. The second-order valence-electron chi connectivity index (χ2n) is 5.62. The monoisotopic (exact) mass is 353 g/mol. The lowest BCUT2D eigenvalue weighted by Gasteiger charge is -2.07. The van der Waals surface area contributed by atoms with E-state index in [9.17, 15) is 5.11 Å². The fraction of sp³-hybridized carbons (Fsp3) is 0.263. The number of nitrogens with zero attached hydrogens (tertiary/aromatic N) is 3. The highest BCUT2D eigenvalue weighted by Gasteiger charge is 2.10. The second-order valence-corrected chi connectivity index (χ2v) is 5.62. The van der Waals surface area contributed by atoms with E-state index < -0.39 is 6.10 Å². The van der Waals surface area contributed by atoms with Crippen LogP contribution in [-0.4, -0.2) is 38.1 Å². The van der Waals surface area contributed by atoms with E-state index in [4.69, 9.17) is 14.4 Å². The molecule has 0 aliphatic carbocycles. The third-order valence-electron chi connectivity index (χ3n) is 3.56. The summed E-state index contributed by atoms with van der Waals surface area (Å²) in [4.78, 5) is 4.12. The van der Waals surface area contributed by atoms with Crippen LogP contribution in [0.2, 0.25) is 0 Å². The van der Waals surface area contributed by atoms with E-state index in [1.807, 2.05) is 16.7 Å². The first-order chi connectivity index (χ1) is 12.7. The van der Waals surface area contributed by atoms with Gasteiger partial charge in [0.25, 0.3) is 0 Å². The van der Waals surface area contributed by atoms with Crippen molar-refractivity contribution in [3.8, 4) is 17.6 Å². The van der Waals surface area contributed by atoms with Gasteiger partial charge in [-0.25, -0.2) is 4.98 Å². The van der Waals surface area contributed by atoms with Gasteiger partial charge in [0, 0.05) is 24.0 Å². The van der Waals surface area contributed by atoms with Crippen LogP contribution in [0.25, 0.3) is 0 Å². The molecule has 134 valence electrons. The highest BCUT2D eigenvalue weighted by molar-refractivity contribution is 5.41. The van der Waals surface area contributed by atoms with Gasteiger partial charge in [-0.15, -0.1) is 0 Å². The standard InChI is InChI=1S/C19H19N3O4/c1-14(24)19-20-8-9-22(19)13-16-12-18(26-21-16)7-4-15-2-5-17(6-3-15)25-11-10-23/h2-3,5-6,8-9,12,14,23-24H,10-11,13H2,1H3. The van der Waals surface area contributed by atoms with Gasteiger partial charge >= 0.3 is 0 Å². The summed E-state index contributed by atoms with van der Waals surface area (Å²) in [5, 5.41) is 22.4. The minimum atomic E-state index is -0.652. The van der Waals surface area contributed by atoms with Crippen molar-refractivity contribution >= 4 is 0 Å². The van der Waals surface area contributed by atoms with Gasteiger partial charge in [0.2, 0.25) is 5.76 Å². The first-order valence-electron chi connectivity index (χ1n) is 8.16. The number of ether oxygens (including phenoxy) is 1. The summed E-state index contributed by atoms with van der Waals surface area (Å²) in [6.07, 6.45) is 2.76. The molecule has 26 heavy (non-hydrogen) atoms. The van der Waals surface area contributed by atoms with Gasteiger partial charge < -0.3 is 24.0 Å². The molecule has 0 aliphatic rings. The summed E-state index contributed by atoms with van der Waals surface area (Å²) in [7, 11) is 0. The molecule has 1 aromatic carbocycles. The molecular weight excluding hydrogens is 334 g/mol. The highest BCUT2D eigenvalue weighted by atomic mass is 16.5. The van der Waals surface area contributed by atoms with Crippen molar-refractivity contribution in [2.75, 3.05) is 13.2 Å². The molecule has 3 aromatic rings. The summed E-state index contributed by atoms with van der Waals surface area (Å²) >= 11 is 0. The van der Waals surface area contributed by atoms with Crippen LogP contribution in [0.5, 0.6) is 5.75 Å². The van der Waals surface area contributed by atoms with Gasteiger partial charge in [0.1, 0.15) is 30.0 Å². The van der Waals surface area contributed by atoms with Crippen LogP contribution in [0.4, 0.5) is 0 Å². The lowest BCUT2D eigenvalue weighted by atomic mass is 10.2. The van der Waals surface area contributed by atoms with Crippen molar-refractivity contribution in [1.82, 2.24) is 14.7 Å². The molecule has 1 atom stereocenters. The molecule has 2 heterocycles. The Morgan fingerprint density at radius 2 is 2.08 bits per heavy atom. The smallest absolute Gasteiger partial charge is 0.210 e. The zero-order valence-electron chi connectivity index (χ0n) is 14.3. The lowest BCUT2D eigenvalue weighted by Crippen LogP contribution is -2.07. The Hall–Kier alpha value is -3.08. The van der Waals surface area contributed by atoms with Gasteiger partial charge in [-0.1, -0.05) is 11.1 Å². The molecule has 0 saturated heterocycles. The van der Waals surface area contributed by atoms with Crippen LogP contribution in [0.3, 0.4) is 0 Å². The summed E-state index contributed by atoms with van der Waals surface area (Å²) in [5.74, 6) is 7.64. The number of aromatic nitrogens is 3. The van der Waals surface area contributed by atoms with Crippen molar-refractivity contribution < 1.29 is 19.5 Å². The Morgan fingerprint density at radius 3 is 2.81 bits per heavy atom. The predicted octanol–water partition coefficient (Wildman–Crippen LogP) is 1.74. The topological polar surface area (TPSA) is 93.5 Å². The zero-order valence-corrected chi connectivity index (χ0v) is 14.3. The number of hydrogen-bond donors (Lipinski definition) is 2. The molecule has 0 fully saturated rings. The maximum atomic E-state index is 9.68. The van der Waals surface area contributed by atoms with Gasteiger partial charge in [-0.2, -0.15) is 0 Å². The average molecular weight is 353 g/mol. The number of aliphatic hydroxyl groups is 2. The number of hydrogen-bond acceptors (Lipinski definition) is 6. The fourth-order valence-electron chi connectivity index (χ4n) is 2.37. The Morgan fingerprint density at radius 1 is 1.27 bits per heavy atom. The minimum Gasteiger partial charge on any atom is -0.491 e. The number of benzene rings is 1. The molecule has 3 rings (SSSR count). The maximum Gasteiger partial charge on any atom is 0.210 e. The quantitative estimate of drug-likeness (QED) is 0.656. The Balaban J connectivity index is 1.65. The zero-order chi connectivity index (χ0) is 18.4. The highest BCUT2D eigenvalue weighted by Crippen LogP contribution is 2.13. The Kier molecular flexibility index (Phi) is 5.69. The molecule has 2 aromatic heterocycles. The normalized spacial score (nSPS) is 11.7. The van der Waals surface area contributed by atoms with Gasteiger partial charge in [0.05, 0.1) is 13.2 Å². The van der Waals surface area contributed by atoms with E-state index in [1.54, 1.807) is 37.5 Å². The minimum absolute atomic E-state index is 0.0207. The Labute approximate surface area is 150 Å². The largest absolute Gasteiger partial charge is 0.491 e.